The van der Waals surface area contributed by atoms with E-state index in [2.05, 4.69) is 10.3 Å². The number of carbonyl (C=O) groups is 2. The van der Waals surface area contributed by atoms with E-state index < -0.39 is 4.87 Å². The van der Waals surface area contributed by atoms with Crippen LogP contribution in [0.3, 0.4) is 0 Å². The second-order valence-electron chi connectivity index (χ2n) is 5.48. The average Bonchev–Trinajstić information content (AvgIpc) is 3.31. The lowest BCUT2D eigenvalue weighted by atomic mass is 10.2. The summed E-state index contributed by atoms with van der Waals surface area (Å²) in [6, 6.07) is 3.88. The number of oxazole rings is 1. The third-order valence-electron chi connectivity index (χ3n) is 4.14. The highest BCUT2D eigenvalue weighted by molar-refractivity contribution is 8.01. The van der Waals surface area contributed by atoms with Crippen molar-refractivity contribution in [2.24, 2.45) is 0 Å². The Morgan fingerprint density at radius 2 is 2.43 bits per heavy atom. The summed E-state index contributed by atoms with van der Waals surface area (Å²) < 4.78 is 5.45. The van der Waals surface area contributed by atoms with Crippen molar-refractivity contribution in [2.45, 2.75) is 24.3 Å². The van der Waals surface area contributed by atoms with Gasteiger partial charge in [-0.25, -0.2) is 4.98 Å². The van der Waals surface area contributed by atoms with Crippen LogP contribution >= 0.6 is 23.1 Å². The summed E-state index contributed by atoms with van der Waals surface area (Å²) in [4.78, 5) is 30.9. The molecule has 2 fully saturated rings. The van der Waals surface area contributed by atoms with E-state index >= 15 is 0 Å². The predicted molar refractivity (Wildman–Crippen MR) is 87.8 cm³/mol. The molecule has 120 valence electrons. The summed E-state index contributed by atoms with van der Waals surface area (Å²) in [6.45, 7) is 0.960. The van der Waals surface area contributed by atoms with Gasteiger partial charge in [-0.15, -0.1) is 23.1 Å². The smallest absolute Gasteiger partial charge is 0.256 e. The summed E-state index contributed by atoms with van der Waals surface area (Å²) in [5, 5.41) is 4.87. The highest BCUT2D eigenvalue weighted by Gasteiger charge is 2.54. The lowest BCUT2D eigenvalue weighted by Crippen LogP contribution is -2.50. The van der Waals surface area contributed by atoms with Gasteiger partial charge in [0, 0.05) is 18.7 Å². The second-order valence-corrected chi connectivity index (χ2v) is 7.80. The number of carbonyl (C=O) groups excluding carboxylic acids is 2. The molecule has 2 aliphatic rings. The highest BCUT2D eigenvalue weighted by Crippen LogP contribution is 2.44. The molecule has 1 N–H and O–H groups in total. The molecule has 8 heteroatoms. The maximum absolute atomic E-state index is 12.6. The van der Waals surface area contributed by atoms with Crippen molar-refractivity contribution in [2.75, 3.05) is 12.3 Å². The number of hydrogen-bond donors (Lipinski definition) is 1. The topological polar surface area (TPSA) is 75.4 Å². The molecule has 1 atom stereocenters. The predicted octanol–water partition coefficient (Wildman–Crippen LogP) is 2.08. The van der Waals surface area contributed by atoms with Crippen LogP contribution < -0.4 is 5.32 Å². The standard InChI is InChI=1S/C15H15N3O3S2/c19-12-3-4-15(18(12)5-7-23-15)14(20)16-8-10-9-21-13(17-10)11-2-1-6-22-11/h1-2,6,9H,3-5,7-8H2,(H,16,20)/t15-/m1/s1. The van der Waals surface area contributed by atoms with E-state index in [0.29, 0.717) is 37.5 Å². The van der Waals surface area contributed by atoms with E-state index in [1.54, 1.807) is 34.3 Å². The molecule has 0 radical (unpaired) electrons. The van der Waals surface area contributed by atoms with Gasteiger partial charge in [-0.1, -0.05) is 6.07 Å². The van der Waals surface area contributed by atoms with Crippen LogP contribution in [-0.2, 0) is 16.1 Å². The largest absolute Gasteiger partial charge is 0.443 e. The number of thiophene rings is 1. The van der Waals surface area contributed by atoms with E-state index in [4.69, 9.17) is 4.42 Å². The number of hydrogen-bond acceptors (Lipinski definition) is 6. The molecule has 0 bridgehead atoms. The van der Waals surface area contributed by atoms with Gasteiger partial charge < -0.3 is 14.6 Å². The van der Waals surface area contributed by atoms with Gasteiger partial charge in [-0.3, -0.25) is 9.59 Å². The van der Waals surface area contributed by atoms with E-state index in [9.17, 15) is 9.59 Å². The van der Waals surface area contributed by atoms with Crippen LogP contribution in [0.25, 0.3) is 10.8 Å². The molecule has 0 saturated carbocycles. The number of thioether (sulfide) groups is 1. The van der Waals surface area contributed by atoms with E-state index in [-0.39, 0.29) is 11.8 Å². The highest BCUT2D eigenvalue weighted by atomic mass is 32.2. The molecule has 2 amide bonds. The lowest BCUT2D eigenvalue weighted by Gasteiger charge is -2.29. The van der Waals surface area contributed by atoms with Crippen molar-refractivity contribution in [1.82, 2.24) is 15.2 Å². The van der Waals surface area contributed by atoms with Gasteiger partial charge in [0.1, 0.15) is 6.26 Å². The van der Waals surface area contributed by atoms with Crippen molar-refractivity contribution >= 4 is 34.9 Å². The molecule has 2 aromatic heterocycles. The fourth-order valence-electron chi connectivity index (χ4n) is 3.02. The Hall–Kier alpha value is -1.80. The van der Waals surface area contributed by atoms with Gasteiger partial charge in [0.15, 0.2) is 4.87 Å². The van der Waals surface area contributed by atoms with Crippen molar-refractivity contribution in [3.63, 3.8) is 0 Å². The van der Waals surface area contributed by atoms with Crippen molar-refractivity contribution in [3.05, 3.63) is 29.5 Å². The Morgan fingerprint density at radius 3 is 3.26 bits per heavy atom. The number of amides is 2. The minimum Gasteiger partial charge on any atom is -0.443 e. The molecule has 0 unspecified atom stereocenters. The maximum atomic E-state index is 12.6. The molecule has 0 spiro atoms. The van der Waals surface area contributed by atoms with E-state index in [1.807, 2.05) is 17.5 Å². The summed E-state index contributed by atoms with van der Waals surface area (Å²) >= 11 is 3.12. The van der Waals surface area contributed by atoms with Crippen LogP contribution in [0, 0.1) is 0 Å². The van der Waals surface area contributed by atoms with Gasteiger partial charge in [-0.2, -0.15) is 0 Å². The van der Waals surface area contributed by atoms with Gasteiger partial charge >= 0.3 is 0 Å². The number of fused-ring (bicyclic) bond motifs is 1. The molecule has 4 rings (SSSR count). The van der Waals surface area contributed by atoms with Gasteiger partial charge in [-0.05, 0) is 17.9 Å². The molecule has 6 nitrogen and oxygen atoms in total. The monoisotopic (exact) mass is 349 g/mol. The normalized spacial score (nSPS) is 23.3. The quantitative estimate of drug-likeness (QED) is 0.915. The molecule has 0 aliphatic carbocycles. The molecular formula is C15H15N3O3S2. The Balaban J connectivity index is 1.43. The fourth-order valence-corrected chi connectivity index (χ4v) is 5.09. The number of rotatable bonds is 4. The molecule has 2 saturated heterocycles. The van der Waals surface area contributed by atoms with Crippen LogP contribution in [-0.4, -0.2) is 38.9 Å². The zero-order valence-electron chi connectivity index (χ0n) is 12.3. The minimum atomic E-state index is -0.711. The second kappa shape index (κ2) is 5.68. The molecule has 23 heavy (non-hydrogen) atoms. The third kappa shape index (κ3) is 2.46. The average molecular weight is 349 g/mol. The van der Waals surface area contributed by atoms with Crippen LogP contribution in [0.15, 0.2) is 28.2 Å². The van der Waals surface area contributed by atoms with E-state index in [1.165, 1.54) is 0 Å². The van der Waals surface area contributed by atoms with Crippen molar-refractivity contribution in [1.29, 1.82) is 0 Å². The first-order chi connectivity index (χ1) is 11.2. The Labute approximate surface area is 141 Å². The summed E-state index contributed by atoms with van der Waals surface area (Å²) in [5.74, 6) is 1.35. The summed E-state index contributed by atoms with van der Waals surface area (Å²) in [7, 11) is 0. The summed E-state index contributed by atoms with van der Waals surface area (Å²) in [5.41, 5.74) is 0.678. The first-order valence-corrected chi connectivity index (χ1v) is 9.26. The lowest BCUT2D eigenvalue weighted by molar-refractivity contribution is -0.135. The van der Waals surface area contributed by atoms with Crippen molar-refractivity contribution in [3.8, 4) is 10.8 Å². The first kappa shape index (κ1) is 14.8. The van der Waals surface area contributed by atoms with Crippen LogP contribution in [0.5, 0.6) is 0 Å². The fraction of sp³-hybridized carbons (Fsp3) is 0.400. The van der Waals surface area contributed by atoms with Gasteiger partial charge in [0.2, 0.25) is 11.8 Å². The maximum Gasteiger partial charge on any atom is 0.256 e. The van der Waals surface area contributed by atoms with Crippen LogP contribution in [0.2, 0.25) is 0 Å². The summed E-state index contributed by atoms with van der Waals surface area (Å²) in [6.07, 6.45) is 2.60. The molecule has 4 heterocycles. The van der Waals surface area contributed by atoms with Gasteiger partial charge in [0.05, 0.1) is 17.1 Å². The first-order valence-electron chi connectivity index (χ1n) is 7.40. The number of nitrogens with zero attached hydrogens (tertiary/aromatic N) is 2. The molecule has 0 aromatic carbocycles. The Morgan fingerprint density at radius 1 is 1.52 bits per heavy atom. The number of aromatic nitrogens is 1. The Kier molecular flexibility index (Phi) is 3.65. The van der Waals surface area contributed by atoms with E-state index in [0.717, 1.165) is 10.6 Å². The number of nitrogens with one attached hydrogen (secondary N) is 1. The zero-order chi connectivity index (χ0) is 15.9. The molecule has 2 aromatic rings. The van der Waals surface area contributed by atoms with Crippen LogP contribution in [0.4, 0.5) is 0 Å². The van der Waals surface area contributed by atoms with Gasteiger partial charge in [0.25, 0.3) is 5.91 Å². The SMILES string of the molecule is O=C1CC[C@]2(C(=O)NCc3coc(-c4cccs4)n3)SCCN12. The Bertz CT molecular complexity index is 743. The third-order valence-corrected chi connectivity index (χ3v) is 6.47. The van der Waals surface area contributed by atoms with Crippen molar-refractivity contribution < 1.29 is 14.0 Å². The molecule has 2 aliphatic heterocycles. The minimum absolute atomic E-state index is 0.0755. The van der Waals surface area contributed by atoms with Crippen LogP contribution in [0.1, 0.15) is 18.5 Å². The zero-order valence-corrected chi connectivity index (χ0v) is 13.9. The molecular weight excluding hydrogens is 334 g/mol.